The molecule has 0 aliphatic carbocycles. The van der Waals surface area contributed by atoms with Gasteiger partial charge in [0.1, 0.15) is 12.5 Å². The highest BCUT2D eigenvalue weighted by Gasteiger charge is 2.50. The summed E-state index contributed by atoms with van der Waals surface area (Å²) in [4.78, 5) is 42.8. The second-order valence-electron chi connectivity index (χ2n) is 7.37. The summed E-state index contributed by atoms with van der Waals surface area (Å²) in [7, 11) is 0. The number of hydrogen-bond acceptors (Lipinski definition) is 6. The molecule has 0 amide bonds. The summed E-state index contributed by atoms with van der Waals surface area (Å²) in [6.07, 6.45) is 0.113. The van der Waals surface area contributed by atoms with E-state index in [1.807, 2.05) is 30.3 Å². The monoisotopic (exact) mass is 424 g/mol. The van der Waals surface area contributed by atoms with E-state index in [9.17, 15) is 14.4 Å². The second-order valence-corrected chi connectivity index (χ2v) is 7.63. The Morgan fingerprint density at radius 2 is 2.10 bits per heavy atom. The molecule has 4 heterocycles. The predicted octanol–water partition coefficient (Wildman–Crippen LogP) is 2.87. The lowest BCUT2D eigenvalue weighted by Gasteiger charge is -2.35. The molecule has 3 aromatic rings. The quantitative estimate of drug-likeness (QED) is 0.371. The predicted molar refractivity (Wildman–Crippen MR) is 109 cm³/mol. The normalized spacial score (nSPS) is 19.1. The van der Waals surface area contributed by atoms with Crippen molar-refractivity contribution < 1.29 is 19.1 Å². The maximum absolute atomic E-state index is 13.3. The lowest BCUT2D eigenvalue weighted by molar-refractivity contribution is -0.188. The number of nitrogens with zero attached hydrogens (tertiary/aromatic N) is 2. The fourth-order valence-corrected chi connectivity index (χ4v) is 4.36. The van der Waals surface area contributed by atoms with Crippen molar-refractivity contribution >= 4 is 34.4 Å². The van der Waals surface area contributed by atoms with Gasteiger partial charge >= 0.3 is 11.9 Å². The minimum atomic E-state index is -1.70. The van der Waals surface area contributed by atoms with Gasteiger partial charge in [0.2, 0.25) is 5.60 Å². The van der Waals surface area contributed by atoms with Crippen LogP contribution < -0.4 is 5.56 Å². The molecule has 0 saturated heterocycles. The smallest absolute Gasteiger partial charge is 0.355 e. The minimum absolute atomic E-state index is 0.113. The Bertz CT molecular complexity index is 1300. The Labute approximate surface area is 176 Å². The number of ether oxygens (including phenoxy) is 2. The van der Waals surface area contributed by atoms with Gasteiger partial charge in [0.05, 0.1) is 29.0 Å². The number of para-hydroxylation sites is 1. The fourth-order valence-electron chi connectivity index (χ4n) is 4.30. The summed E-state index contributed by atoms with van der Waals surface area (Å²) in [5.74, 6) is -1.87. The first-order valence-corrected chi connectivity index (χ1v) is 10.1. The number of carbonyl (C=O) groups is 2. The minimum Gasteiger partial charge on any atom is -0.457 e. The molecule has 7 nitrogen and oxygen atoms in total. The number of alkyl halides is 1. The molecule has 0 spiro atoms. The molecule has 2 aliphatic rings. The standard InChI is InChI=1S/C22H17ClN2O5/c1-2-22(30-18(26)9-23)15-8-17-19-13(7-12-5-3-4-6-16(12)24-19)10-25(17)20(27)14(15)11-29-21(22)28/h3-8H,2,9-11H2,1H3. The third kappa shape index (κ3) is 2.51. The lowest BCUT2D eigenvalue weighted by atomic mass is 9.85. The van der Waals surface area contributed by atoms with Crippen molar-refractivity contribution in [2.45, 2.75) is 32.1 Å². The largest absolute Gasteiger partial charge is 0.457 e. The summed E-state index contributed by atoms with van der Waals surface area (Å²) in [6.45, 7) is 1.91. The van der Waals surface area contributed by atoms with Crippen LogP contribution in [0.2, 0.25) is 0 Å². The molecule has 0 N–H and O–H groups in total. The highest BCUT2D eigenvalue weighted by molar-refractivity contribution is 6.26. The highest BCUT2D eigenvalue weighted by Crippen LogP contribution is 2.40. The van der Waals surface area contributed by atoms with Gasteiger partial charge in [-0.1, -0.05) is 25.1 Å². The number of carbonyl (C=O) groups excluding carboxylic acids is 2. The van der Waals surface area contributed by atoms with Crippen molar-refractivity contribution in [3.05, 3.63) is 63.4 Å². The van der Waals surface area contributed by atoms with Gasteiger partial charge in [-0.15, -0.1) is 11.6 Å². The van der Waals surface area contributed by atoms with Crippen LogP contribution in [0.3, 0.4) is 0 Å². The number of pyridine rings is 2. The first-order chi connectivity index (χ1) is 14.5. The Kier molecular flexibility index (Phi) is 4.18. The molecular formula is C22H17ClN2O5. The summed E-state index contributed by atoms with van der Waals surface area (Å²) >= 11 is 5.61. The Morgan fingerprint density at radius 3 is 2.87 bits per heavy atom. The molecule has 1 unspecified atom stereocenters. The van der Waals surface area contributed by atoms with Crippen molar-refractivity contribution in [3.8, 4) is 11.4 Å². The van der Waals surface area contributed by atoms with E-state index in [0.717, 1.165) is 16.5 Å². The first-order valence-electron chi connectivity index (χ1n) is 9.59. The van der Waals surface area contributed by atoms with Gasteiger partial charge < -0.3 is 14.0 Å². The van der Waals surface area contributed by atoms with Crippen molar-refractivity contribution in [2.75, 3.05) is 5.88 Å². The molecule has 0 bridgehead atoms. The van der Waals surface area contributed by atoms with Crippen LogP contribution in [-0.2, 0) is 37.8 Å². The molecular weight excluding hydrogens is 408 g/mol. The Morgan fingerprint density at radius 1 is 1.30 bits per heavy atom. The third-order valence-corrected chi connectivity index (χ3v) is 6.00. The zero-order valence-electron chi connectivity index (χ0n) is 16.1. The molecule has 152 valence electrons. The molecule has 1 aromatic carbocycles. The highest BCUT2D eigenvalue weighted by atomic mass is 35.5. The molecule has 2 aromatic heterocycles. The Balaban J connectivity index is 1.77. The maximum Gasteiger partial charge on any atom is 0.355 e. The average Bonchev–Trinajstić information content (AvgIpc) is 3.12. The molecule has 8 heteroatoms. The molecule has 0 saturated carbocycles. The molecule has 0 fully saturated rings. The molecule has 5 rings (SSSR count). The fraction of sp³-hybridized carbons (Fsp3) is 0.273. The van der Waals surface area contributed by atoms with Crippen LogP contribution in [0, 0.1) is 0 Å². The van der Waals surface area contributed by atoms with Crippen LogP contribution in [0.1, 0.15) is 30.0 Å². The molecule has 0 radical (unpaired) electrons. The summed E-state index contributed by atoms with van der Waals surface area (Å²) in [5, 5.41) is 0.985. The van der Waals surface area contributed by atoms with E-state index in [0.29, 0.717) is 29.1 Å². The zero-order chi connectivity index (χ0) is 21.0. The van der Waals surface area contributed by atoms with Crippen LogP contribution in [-0.4, -0.2) is 27.4 Å². The Hall–Kier alpha value is -3.19. The van der Waals surface area contributed by atoms with Gasteiger partial charge in [0.15, 0.2) is 0 Å². The number of aromatic nitrogens is 2. The van der Waals surface area contributed by atoms with Crippen molar-refractivity contribution in [1.29, 1.82) is 0 Å². The number of cyclic esters (lactones) is 1. The van der Waals surface area contributed by atoms with Gasteiger partial charge in [-0.25, -0.2) is 9.78 Å². The van der Waals surface area contributed by atoms with E-state index in [2.05, 4.69) is 0 Å². The molecule has 2 aliphatic heterocycles. The van der Waals surface area contributed by atoms with E-state index >= 15 is 0 Å². The van der Waals surface area contributed by atoms with Crippen LogP contribution in [0.25, 0.3) is 22.3 Å². The van der Waals surface area contributed by atoms with Gasteiger partial charge in [-0.2, -0.15) is 0 Å². The number of hydrogen-bond donors (Lipinski definition) is 0. The van der Waals surface area contributed by atoms with E-state index < -0.39 is 23.4 Å². The number of fused-ring (bicyclic) bond motifs is 5. The van der Waals surface area contributed by atoms with E-state index in [1.165, 1.54) is 0 Å². The second kappa shape index (κ2) is 6.67. The van der Waals surface area contributed by atoms with Crippen LogP contribution >= 0.6 is 11.6 Å². The zero-order valence-corrected chi connectivity index (χ0v) is 16.9. The number of halogens is 1. The first kappa shape index (κ1) is 18.8. The SMILES string of the molecule is CCC1(OC(=O)CCl)C(=O)OCc2c1cc1n(c2=O)Cc2cc3ccccc3nc2-1. The summed E-state index contributed by atoms with van der Waals surface area (Å²) < 4.78 is 12.3. The van der Waals surface area contributed by atoms with E-state index in [1.54, 1.807) is 17.6 Å². The van der Waals surface area contributed by atoms with Crippen LogP contribution in [0.5, 0.6) is 0 Å². The molecule has 1 atom stereocenters. The van der Waals surface area contributed by atoms with Crippen LogP contribution in [0.4, 0.5) is 0 Å². The van der Waals surface area contributed by atoms with Gasteiger partial charge in [0.25, 0.3) is 5.56 Å². The van der Waals surface area contributed by atoms with Gasteiger partial charge in [-0.05, 0) is 24.6 Å². The third-order valence-electron chi connectivity index (χ3n) is 5.78. The van der Waals surface area contributed by atoms with Gasteiger partial charge in [-0.3, -0.25) is 9.59 Å². The van der Waals surface area contributed by atoms with Crippen molar-refractivity contribution in [2.24, 2.45) is 0 Å². The van der Waals surface area contributed by atoms with Crippen molar-refractivity contribution in [1.82, 2.24) is 9.55 Å². The van der Waals surface area contributed by atoms with Crippen molar-refractivity contribution in [3.63, 3.8) is 0 Å². The van der Waals surface area contributed by atoms with E-state index in [4.69, 9.17) is 26.1 Å². The summed E-state index contributed by atoms with van der Waals surface area (Å²) in [6, 6.07) is 11.5. The van der Waals surface area contributed by atoms with E-state index in [-0.39, 0.29) is 18.6 Å². The average molecular weight is 425 g/mol. The lowest BCUT2D eigenvalue weighted by Crippen LogP contribution is -2.47. The number of benzene rings is 1. The maximum atomic E-state index is 13.3. The molecule has 30 heavy (non-hydrogen) atoms. The van der Waals surface area contributed by atoms with Gasteiger partial charge in [0, 0.05) is 16.5 Å². The van der Waals surface area contributed by atoms with Crippen LogP contribution in [0.15, 0.2) is 41.2 Å². The number of rotatable bonds is 3. The topological polar surface area (TPSA) is 87.5 Å². The summed E-state index contributed by atoms with van der Waals surface area (Å²) in [5.41, 5.74) is 1.67. The number of esters is 2.